The molecule has 0 saturated heterocycles. The number of rotatable bonds is 4. The standard InChI is InChI=1S/C38H56O4/c1-25-8-10-26(11-9-25)23-42-32(41)38-20-18-33(2,3)22-28(38)27-12-13-30-34(4)16-15-31(40)35(5,24-39)29(34)14-17-37(30,7)36(27,6)19-21-38/h8-12,28-31,39-40H,13-24H2,1-7H3/t28-,29+,30+,31-,34-,35-,36+,37+,38-/m0/s1. The Bertz CT molecular complexity index is 1250. The van der Waals surface area contributed by atoms with E-state index >= 15 is 0 Å². The highest BCUT2D eigenvalue weighted by Gasteiger charge is 2.69. The molecule has 4 nitrogen and oxygen atoms in total. The Morgan fingerprint density at radius 3 is 2.29 bits per heavy atom. The minimum absolute atomic E-state index is 0.0226. The van der Waals surface area contributed by atoms with Gasteiger partial charge < -0.3 is 14.9 Å². The third kappa shape index (κ3) is 4.16. The van der Waals surface area contributed by atoms with Crippen molar-refractivity contribution in [1.29, 1.82) is 0 Å². The van der Waals surface area contributed by atoms with Gasteiger partial charge in [-0.3, -0.25) is 4.79 Å². The molecule has 5 aliphatic rings. The van der Waals surface area contributed by atoms with Crippen molar-refractivity contribution in [3.8, 4) is 0 Å². The lowest BCUT2D eigenvalue weighted by atomic mass is 9.33. The van der Waals surface area contributed by atoms with Gasteiger partial charge in [-0.1, -0.05) is 83.0 Å². The second kappa shape index (κ2) is 9.93. The highest BCUT2D eigenvalue weighted by Crippen LogP contribution is 2.75. The summed E-state index contributed by atoms with van der Waals surface area (Å²) >= 11 is 0. The Labute approximate surface area is 254 Å². The molecule has 4 fully saturated rings. The minimum Gasteiger partial charge on any atom is -0.460 e. The highest BCUT2D eigenvalue weighted by molar-refractivity contribution is 5.79. The first-order chi connectivity index (χ1) is 19.7. The van der Waals surface area contributed by atoms with Gasteiger partial charge in [-0.15, -0.1) is 0 Å². The van der Waals surface area contributed by atoms with Crippen LogP contribution in [0, 0.1) is 57.2 Å². The average molecular weight is 577 g/mol. The van der Waals surface area contributed by atoms with E-state index in [1.54, 1.807) is 5.57 Å². The van der Waals surface area contributed by atoms with E-state index in [0.29, 0.717) is 18.4 Å². The van der Waals surface area contributed by atoms with E-state index < -0.39 is 16.9 Å². The maximum Gasteiger partial charge on any atom is 0.313 e. The first kappa shape index (κ1) is 30.4. The number of aliphatic hydroxyl groups is 2. The first-order valence-electron chi connectivity index (χ1n) is 16.9. The van der Waals surface area contributed by atoms with Gasteiger partial charge in [-0.2, -0.15) is 0 Å². The van der Waals surface area contributed by atoms with E-state index in [-0.39, 0.29) is 40.2 Å². The number of ether oxygens (including phenoxy) is 1. The van der Waals surface area contributed by atoms with Gasteiger partial charge in [-0.25, -0.2) is 0 Å². The molecule has 232 valence electrons. The van der Waals surface area contributed by atoms with Crippen molar-refractivity contribution in [2.24, 2.45) is 50.2 Å². The summed E-state index contributed by atoms with van der Waals surface area (Å²) in [4.78, 5) is 14.2. The molecule has 6 rings (SSSR count). The molecular weight excluding hydrogens is 520 g/mol. The van der Waals surface area contributed by atoms with E-state index in [2.05, 4.69) is 78.8 Å². The predicted molar refractivity (Wildman–Crippen MR) is 167 cm³/mol. The lowest BCUT2D eigenvalue weighted by Gasteiger charge is -2.71. The number of aliphatic hydroxyl groups excluding tert-OH is 2. The molecular formula is C38H56O4. The number of carbonyl (C=O) groups is 1. The van der Waals surface area contributed by atoms with Crippen molar-refractivity contribution in [2.45, 2.75) is 125 Å². The molecule has 42 heavy (non-hydrogen) atoms. The molecule has 5 aliphatic carbocycles. The summed E-state index contributed by atoms with van der Waals surface area (Å²) in [6.07, 6.45) is 12.1. The molecule has 1 aromatic rings. The van der Waals surface area contributed by atoms with Gasteiger partial charge in [0.25, 0.3) is 0 Å². The molecule has 0 aromatic heterocycles. The van der Waals surface area contributed by atoms with Crippen LogP contribution < -0.4 is 0 Å². The molecule has 2 N–H and O–H groups in total. The van der Waals surface area contributed by atoms with Crippen molar-refractivity contribution in [3.63, 3.8) is 0 Å². The van der Waals surface area contributed by atoms with Crippen molar-refractivity contribution in [1.82, 2.24) is 0 Å². The Balaban J connectivity index is 1.35. The topological polar surface area (TPSA) is 66.8 Å². The molecule has 0 bridgehead atoms. The molecule has 0 heterocycles. The first-order valence-corrected chi connectivity index (χ1v) is 16.9. The average Bonchev–Trinajstić information content (AvgIpc) is 2.95. The van der Waals surface area contributed by atoms with Crippen LogP contribution in [0.25, 0.3) is 0 Å². The molecule has 4 heteroatoms. The number of allylic oxidation sites excluding steroid dienone is 2. The SMILES string of the molecule is Cc1ccc(COC(=O)[C@]23CCC(C)(C)C[C@H]2C2=CC[C@@H]4[C@@]5(C)CC[C@H](O)[C@@](C)(CO)[C@@H]5CC[C@@]4(C)[C@]2(C)CC3)cc1. The van der Waals surface area contributed by atoms with E-state index in [9.17, 15) is 15.0 Å². The zero-order chi connectivity index (χ0) is 30.3. The zero-order valence-corrected chi connectivity index (χ0v) is 27.4. The van der Waals surface area contributed by atoms with E-state index in [1.165, 1.54) is 5.56 Å². The van der Waals surface area contributed by atoms with Gasteiger partial charge >= 0.3 is 5.97 Å². The fraction of sp³-hybridized carbons (Fsp3) is 0.763. The molecule has 4 saturated carbocycles. The van der Waals surface area contributed by atoms with Gasteiger partial charge in [0.2, 0.25) is 0 Å². The summed E-state index contributed by atoms with van der Waals surface area (Å²) in [5.41, 5.74) is 3.41. The Kier molecular flexibility index (Phi) is 7.18. The molecule has 0 radical (unpaired) electrons. The molecule has 1 aromatic carbocycles. The second-order valence-corrected chi connectivity index (χ2v) is 17.2. The van der Waals surface area contributed by atoms with Gasteiger partial charge in [0.05, 0.1) is 18.1 Å². The number of esters is 1. The van der Waals surface area contributed by atoms with Crippen LogP contribution in [0.2, 0.25) is 0 Å². The fourth-order valence-electron chi connectivity index (χ4n) is 11.6. The maximum absolute atomic E-state index is 14.2. The number of carbonyl (C=O) groups excluding carboxylic acids is 1. The third-order valence-electron chi connectivity index (χ3n) is 14.7. The molecule has 0 aliphatic heterocycles. The highest BCUT2D eigenvalue weighted by atomic mass is 16.5. The van der Waals surface area contributed by atoms with Crippen LogP contribution in [0.5, 0.6) is 0 Å². The number of aryl methyl sites for hydroxylation is 1. The summed E-state index contributed by atoms with van der Waals surface area (Å²) in [6.45, 7) is 17.0. The van der Waals surface area contributed by atoms with Crippen molar-refractivity contribution in [2.75, 3.05) is 6.61 Å². The van der Waals surface area contributed by atoms with Crippen LogP contribution >= 0.6 is 0 Å². The number of hydrogen-bond acceptors (Lipinski definition) is 4. The predicted octanol–water partition coefficient (Wildman–Crippen LogP) is 8.17. The lowest BCUT2D eigenvalue weighted by molar-refractivity contribution is -0.217. The Hall–Kier alpha value is -1.65. The Morgan fingerprint density at radius 2 is 1.60 bits per heavy atom. The lowest BCUT2D eigenvalue weighted by Crippen LogP contribution is -2.66. The van der Waals surface area contributed by atoms with Crippen LogP contribution in [0.3, 0.4) is 0 Å². The molecule has 0 unspecified atom stereocenters. The summed E-state index contributed by atoms with van der Waals surface area (Å²) in [6, 6.07) is 8.34. The zero-order valence-electron chi connectivity index (χ0n) is 27.4. The van der Waals surface area contributed by atoms with Crippen molar-refractivity contribution in [3.05, 3.63) is 47.0 Å². The van der Waals surface area contributed by atoms with Crippen molar-refractivity contribution >= 4 is 5.97 Å². The largest absolute Gasteiger partial charge is 0.460 e. The van der Waals surface area contributed by atoms with Gasteiger partial charge in [0.1, 0.15) is 6.61 Å². The summed E-state index contributed by atoms with van der Waals surface area (Å²) in [5, 5.41) is 21.6. The van der Waals surface area contributed by atoms with Gasteiger partial charge in [-0.05, 0) is 116 Å². The summed E-state index contributed by atoms with van der Waals surface area (Å²) in [7, 11) is 0. The van der Waals surface area contributed by atoms with E-state index in [0.717, 1.165) is 69.8 Å². The van der Waals surface area contributed by atoms with Crippen LogP contribution in [0.1, 0.15) is 117 Å². The monoisotopic (exact) mass is 576 g/mol. The number of fused-ring (bicyclic) bond motifs is 7. The van der Waals surface area contributed by atoms with Crippen LogP contribution in [-0.2, 0) is 16.1 Å². The quantitative estimate of drug-likeness (QED) is 0.280. The minimum atomic E-state index is -0.435. The van der Waals surface area contributed by atoms with Crippen LogP contribution in [0.4, 0.5) is 0 Å². The van der Waals surface area contributed by atoms with E-state index in [4.69, 9.17) is 4.74 Å². The molecule has 9 atom stereocenters. The normalized spacial score (nSPS) is 45.9. The van der Waals surface area contributed by atoms with Crippen LogP contribution in [-0.4, -0.2) is 28.9 Å². The molecule has 0 spiro atoms. The number of hydrogen-bond donors (Lipinski definition) is 2. The number of benzene rings is 1. The van der Waals surface area contributed by atoms with E-state index in [1.807, 2.05) is 0 Å². The second-order valence-electron chi connectivity index (χ2n) is 17.2. The molecule has 0 amide bonds. The Morgan fingerprint density at radius 1 is 0.905 bits per heavy atom. The third-order valence-corrected chi connectivity index (χ3v) is 14.7. The fourth-order valence-corrected chi connectivity index (χ4v) is 11.6. The summed E-state index contributed by atoms with van der Waals surface area (Å²) in [5.74, 6) is 1.08. The smallest absolute Gasteiger partial charge is 0.313 e. The van der Waals surface area contributed by atoms with Gasteiger partial charge in [0, 0.05) is 5.41 Å². The van der Waals surface area contributed by atoms with Crippen LogP contribution in [0.15, 0.2) is 35.9 Å². The van der Waals surface area contributed by atoms with Crippen molar-refractivity contribution < 1.29 is 19.7 Å². The van der Waals surface area contributed by atoms with Gasteiger partial charge in [0.15, 0.2) is 0 Å². The maximum atomic E-state index is 14.2. The summed E-state index contributed by atoms with van der Waals surface area (Å²) < 4.78 is 6.20.